The second kappa shape index (κ2) is 21.1. The molecular weight excluding hydrogens is 750 g/mol. The van der Waals surface area contributed by atoms with E-state index in [0.29, 0.717) is 5.41 Å². The van der Waals surface area contributed by atoms with Crippen molar-refractivity contribution in [1.82, 2.24) is 0 Å². The number of allylic oxidation sites excluding steroid dienone is 6. The monoisotopic (exact) mass is 796 g/mol. The first-order valence-corrected chi connectivity index (χ1v) is 19.2. The van der Waals surface area contributed by atoms with Crippen molar-refractivity contribution < 1.29 is 24.2 Å². The molecule has 48 heavy (non-hydrogen) atoms. The molecule has 5 aliphatic rings. The van der Waals surface area contributed by atoms with Crippen molar-refractivity contribution in [2.75, 3.05) is 0 Å². The van der Waals surface area contributed by atoms with Gasteiger partial charge in [-0.1, -0.05) is 109 Å². The van der Waals surface area contributed by atoms with Crippen LogP contribution in [0.4, 0.5) is 0 Å². The Kier molecular flexibility index (Phi) is 18.9. The van der Waals surface area contributed by atoms with E-state index in [-0.39, 0.29) is 24.8 Å². The van der Waals surface area contributed by atoms with Crippen molar-refractivity contribution >= 4 is 52.2 Å². The van der Waals surface area contributed by atoms with Crippen molar-refractivity contribution in [3.63, 3.8) is 0 Å². The Labute approximate surface area is 329 Å². The van der Waals surface area contributed by atoms with Gasteiger partial charge in [0.15, 0.2) is 0 Å². The van der Waals surface area contributed by atoms with Gasteiger partial charge in [0.05, 0.1) is 0 Å². The Morgan fingerprint density at radius 1 is 0.854 bits per heavy atom. The van der Waals surface area contributed by atoms with Crippen molar-refractivity contribution in [2.45, 2.75) is 78.6 Å². The van der Waals surface area contributed by atoms with Gasteiger partial charge in [-0.25, -0.2) is 29.2 Å². The van der Waals surface area contributed by atoms with Crippen molar-refractivity contribution in [2.24, 2.45) is 29.1 Å². The summed E-state index contributed by atoms with van der Waals surface area (Å²) in [6, 6.07) is 29.4. The van der Waals surface area contributed by atoms with E-state index in [1.165, 1.54) is 62.8 Å². The van der Waals surface area contributed by atoms with E-state index in [4.69, 9.17) is 23.2 Å². The van der Waals surface area contributed by atoms with Gasteiger partial charge in [-0.2, -0.15) is 66.7 Å². The minimum atomic E-state index is 0. The Morgan fingerprint density at radius 3 is 1.90 bits per heavy atom. The fourth-order valence-electron chi connectivity index (χ4n) is 8.08. The molecule has 5 atom stereocenters. The third kappa shape index (κ3) is 10.6. The second-order valence-electron chi connectivity index (χ2n) is 13.4. The molecule has 0 aromatic heterocycles. The fraction of sp³-hybridized carbons (Fsp3) is 0.395. The molecule has 3 aromatic rings. The first-order chi connectivity index (χ1) is 22.3. The molecule has 0 spiro atoms. The van der Waals surface area contributed by atoms with Crippen LogP contribution in [0.2, 0.25) is 10.0 Å². The first kappa shape index (κ1) is 42.8. The van der Waals surface area contributed by atoms with Gasteiger partial charge in [-0.15, -0.1) is 61.4 Å². The van der Waals surface area contributed by atoms with Gasteiger partial charge >= 0.3 is 28.4 Å². The number of rotatable bonds is 0. The van der Waals surface area contributed by atoms with E-state index in [1.54, 1.807) is 65.6 Å². The molecule has 0 saturated heterocycles. The molecule has 0 amide bonds. The molecule has 0 bridgehead atoms. The Bertz CT molecular complexity index is 1410. The van der Waals surface area contributed by atoms with Gasteiger partial charge in [-0.3, -0.25) is 6.08 Å². The predicted molar refractivity (Wildman–Crippen MR) is 209 cm³/mol. The number of halogens is 4. The minimum absolute atomic E-state index is 0. The summed E-state index contributed by atoms with van der Waals surface area (Å²) >= 11 is 12.3. The third-order valence-corrected chi connectivity index (χ3v) is 11.3. The Morgan fingerprint density at radius 2 is 1.42 bits per heavy atom. The van der Waals surface area contributed by atoms with Crippen LogP contribution in [-0.4, -0.2) is 4.21 Å². The van der Waals surface area contributed by atoms with E-state index in [9.17, 15) is 0 Å². The standard InChI is InChI=1S/C25H33.2C6H4Cl.C5H5.CH2.2ClH.Zr/c1-15-13-21-19-11-7-8-12-20(19)24-18-10-6-5-9-17(18)14-22(24)23(21)16(2)25(15,3)4;2*7-6-4-2-1-3-5-6;1-2-4-5-3-1;;;;/h5-6,9-10,15,19-21,24H,7-8,11-14H2,1-4H3;2*2-5H;1-3H,4H2;1H2;2*1H;/q4*-1;;;;. The summed E-state index contributed by atoms with van der Waals surface area (Å²) in [5.41, 5.74) is 7.35. The van der Waals surface area contributed by atoms with E-state index in [0.717, 1.165) is 46.1 Å². The molecule has 3 aromatic carbocycles. The molecular formula is C43H50Cl4Zr-4. The Hall–Kier alpha value is -1.34. The number of hydrogen-bond acceptors (Lipinski definition) is 0. The van der Waals surface area contributed by atoms with Crippen LogP contribution in [0.15, 0.2) is 102 Å². The summed E-state index contributed by atoms with van der Waals surface area (Å²) < 4.78 is 3.34. The number of fused-ring (bicyclic) bond motifs is 7. The van der Waals surface area contributed by atoms with Crippen molar-refractivity contribution in [3.05, 3.63) is 147 Å². The summed E-state index contributed by atoms with van der Waals surface area (Å²) in [4.78, 5) is 0. The van der Waals surface area contributed by atoms with Crippen LogP contribution in [0.3, 0.4) is 0 Å². The molecule has 5 aliphatic carbocycles. The average Bonchev–Trinajstić information content (AvgIpc) is 3.79. The van der Waals surface area contributed by atoms with E-state index in [2.05, 4.69) is 80.5 Å². The van der Waals surface area contributed by atoms with Gasteiger partial charge in [0.2, 0.25) is 0 Å². The van der Waals surface area contributed by atoms with Crippen LogP contribution >= 0.6 is 48.0 Å². The Balaban J connectivity index is 0.000000284. The molecule has 8 rings (SSSR count). The van der Waals surface area contributed by atoms with Gasteiger partial charge in [0.1, 0.15) is 0 Å². The molecule has 0 aliphatic heterocycles. The summed E-state index contributed by atoms with van der Waals surface area (Å²) in [6.45, 7) is 9.99. The zero-order valence-electron chi connectivity index (χ0n) is 28.8. The molecule has 0 radical (unpaired) electrons. The van der Waals surface area contributed by atoms with E-state index in [1.807, 2.05) is 23.3 Å². The third-order valence-electron chi connectivity index (χ3n) is 10.8. The predicted octanol–water partition coefficient (Wildman–Crippen LogP) is 13.1. The van der Waals surface area contributed by atoms with Crippen molar-refractivity contribution in [1.29, 1.82) is 0 Å². The molecule has 2 fully saturated rings. The molecule has 0 heterocycles. The van der Waals surface area contributed by atoms with Gasteiger partial charge in [-0.05, 0) is 30.6 Å². The summed E-state index contributed by atoms with van der Waals surface area (Å²) in [7, 11) is 0. The van der Waals surface area contributed by atoms with Crippen LogP contribution in [0, 0.1) is 53.2 Å². The zero-order chi connectivity index (χ0) is 33.1. The van der Waals surface area contributed by atoms with Gasteiger partial charge in [0, 0.05) is 0 Å². The van der Waals surface area contributed by atoms with E-state index < -0.39 is 0 Å². The first-order valence-electron chi connectivity index (χ1n) is 16.7. The fourth-order valence-corrected chi connectivity index (χ4v) is 8.34. The topological polar surface area (TPSA) is 0 Å². The normalized spacial score (nSPS) is 24.6. The molecule has 0 nitrogen and oxygen atoms in total. The number of benzene rings is 3. The van der Waals surface area contributed by atoms with Gasteiger partial charge < -0.3 is 0 Å². The van der Waals surface area contributed by atoms with Crippen LogP contribution < -0.4 is 0 Å². The summed E-state index contributed by atoms with van der Waals surface area (Å²) in [5, 5.41) is 1.53. The SMILES string of the molecule is C[C-]1C2=C3Cc4ccccc4C3C3CCCCC3C2CC(C)C1(C)C.Cl.Cl.Clc1cc[c-]cc1.Clc1cc[c-]cc1.[C-]1=CC=CC1.[CH2]=[Zr]. The van der Waals surface area contributed by atoms with Crippen molar-refractivity contribution in [3.8, 4) is 0 Å². The van der Waals surface area contributed by atoms with Crippen LogP contribution in [0.5, 0.6) is 0 Å². The quantitative estimate of drug-likeness (QED) is 0.199. The summed E-state index contributed by atoms with van der Waals surface area (Å²) in [6.07, 6.45) is 18.5. The maximum atomic E-state index is 5.52. The number of hydrogen-bond donors (Lipinski definition) is 0. The van der Waals surface area contributed by atoms with Crippen LogP contribution in [0.1, 0.15) is 83.3 Å². The van der Waals surface area contributed by atoms with Crippen LogP contribution in [0.25, 0.3) is 0 Å². The maximum absolute atomic E-state index is 5.52. The zero-order valence-corrected chi connectivity index (χ0v) is 34.4. The molecule has 5 heteroatoms. The molecule has 0 N–H and O–H groups in total. The van der Waals surface area contributed by atoms with Crippen LogP contribution in [-0.2, 0) is 30.7 Å². The summed E-state index contributed by atoms with van der Waals surface area (Å²) in [5.74, 6) is 6.00. The average molecular weight is 800 g/mol. The molecule has 5 unspecified atom stereocenters. The van der Waals surface area contributed by atoms with Gasteiger partial charge in [0.25, 0.3) is 0 Å². The molecule has 2 saturated carbocycles. The second-order valence-corrected chi connectivity index (χ2v) is 14.3. The van der Waals surface area contributed by atoms with E-state index >= 15 is 0 Å². The molecule has 258 valence electrons.